The maximum Gasteiger partial charge on any atom is 0.410 e. The maximum absolute atomic E-state index is 13.8. The van der Waals surface area contributed by atoms with Crippen LogP contribution in [0.25, 0.3) is 0 Å². The molecule has 0 fully saturated rings. The minimum Gasteiger partial charge on any atom is -0.362 e. The molecule has 158 valence electrons. The van der Waals surface area contributed by atoms with E-state index in [1.165, 1.54) is 11.3 Å². The Balaban J connectivity index is 1.65. The number of rotatable bonds is 4. The number of halogens is 4. The second kappa shape index (κ2) is 8.07. The molecule has 5 nitrogen and oxygen atoms in total. The van der Waals surface area contributed by atoms with Gasteiger partial charge in [-0.05, 0) is 39.9 Å². The predicted octanol–water partition coefficient (Wildman–Crippen LogP) is 5.86. The van der Waals surface area contributed by atoms with E-state index in [4.69, 9.17) is 0 Å². The highest BCUT2D eigenvalue weighted by Crippen LogP contribution is 2.46. The third kappa shape index (κ3) is 3.98. The molecule has 0 saturated carbocycles. The van der Waals surface area contributed by atoms with E-state index in [1.807, 2.05) is 35.7 Å². The van der Waals surface area contributed by atoms with E-state index in [1.54, 1.807) is 19.1 Å². The van der Waals surface area contributed by atoms with Gasteiger partial charge in [-0.3, -0.25) is 4.79 Å². The summed E-state index contributed by atoms with van der Waals surface area (Å²) >= 11 is 4.69. The van der Waals surface area contributed by atoms with Gasteiger partial charge in [0, 0.05) is 11.3 Å². The first-order valence-electron chi connectivity index (χ1n) is 9.26. The Hall–Kier alpha value is -2.33. The van der Waals surface area contributed by atoms with Crippen LogP contribution in [0.4, 0.5) is 19.0 Å². The van der Waals surface area contributed by atoms with Crippen molar-refractivity contribution in [3.05, 3.63) is 68.5 Å². The van der Waals surface area contributed by atoms with Crippen molar-refractivity contribution in [3.8, 4) is 0 Å². The van der Waals surface area contributed by atoms with Crippen molar-refractivity contribution in [2.75, 3.05) is 5.32 Å². The van der Waals surface area contributed by atoms with Gasteiger partial charge < -0.3 is 10.6 Å². The van der Waals surface area contributed by atoms with Crippen LogP contribution in [-0.2, 0) is 0 Å². The van der Waals surface area contributed by atoms with Crippen molar-refractivity contribution in [2.24, 2.45) is 0 Å². The smallest absolute Gasteiger partial charge is 0.362 e. The number of thiophene rings is 1. The fraction of sp³-hybridized carbons (Fsp3) is 0.300. The Morgan fingerprint density at radius 3 is 2.67 bits per heavy atom. The summed E-state index contributed by atoms with van der Waals surface area (Å²) in [7, 11) is 0. The van der Waals surface area contributed by atoms with E-state index in [0.717, 1.165) is 15.1 Å². The van der Waals surface area contributed by atoms with Gasteiger partial charge >= 0.3 is 6.18 Å². The van der Waals surface area contributed by atoms with Gasteiger partial charge in [0.05, 0.1) is 16.6 Å². The second-order valence-corrected chi connectivity index (χ2v) is 8.84. The van der Waals surface area contributed by atoms with Gasteiger partial charge in [-0.2, -0.15) is 18.3 Å². The highest BCUT2D eigenvalue weighted by molar-refractivity contribution is 9.10. The van der Waals surface area contributed by atoms with Gasteiger partial charge in [0.1, 0.15) is 5.82 Å². The van der Waals surface area contributed by atoms with Crippen LogP contribution in [0.5, 0.6) is 0 Å². The Kier molecular flexibility index (Phi) is 5.63. The fourth-order valence-electron chi connectivity index (χ4n) is 3.50. The van der Waals surface area contributed by atoms with Crippen LogP contribution in [0.15, 0.2) is 52.3 Å². The van der Waals surface area contributed by atoms with Crippen LogP contribution in [0.3, 0.4) is 0 Å². The molecule has 3 atom stereocenters. The fourth-order valence-corrected chi connectivity index (χ4v) is 4.85. The molecule has 2 aromatic heterocycles. The predicted molar refractivity (Wildman–Crippen MR) is 113 cm³/mol. The zero-order valence-corrected chi connectivity index (χ0v) is 18.2. The van der Waals surface area contributed by atoms with Gasteiger partial charge in [-0.15, -0.1) is 11.3 Å². The highest BCUT2D eigenvalue weighted by atomic mass is 79.9. The van der Waals surface area contributed by atoms with Crippen LogP contribution in [0.1, 0.15) is 52.4 Å². The highest BCUT2D eigenvalue weighted by Gasteiger charge is 2.48. The summed E-state index contributed by atoms with van der Waals surface area (Å²) in [5, 5.41) is 11.8. The number of benzene rings is 1. The van der Waals surface area contributed by atoms with Gasteiger partial charge in [0.15, 0.2) is 11.7 Å². The number of aromatic nitrogens is 2. The Bertz CT molecular complexity index is 1040. The second-order valence-electron chi connectivity index (χ2n) is 7.07. The third-order valence-electron chi connectivity index (χ3n) is 5.04. The van der Waals surface area contributed by atoms with Crippen molar-refractivity contribution in [1.82, 2.24) is 15.1 Å². The lowest BCUT2D eigenvalue weighted by Crippen LogP contribution is -2.35. The number of hydrogen-bond donors (Lipinski definition) is 2. The molecule has 0 unspecified atom stereocenters. The lowest BCUT2D eigenvalue weighted by Gasteiger charge is -2.33. The van der Waals surface area contributed by atoms with E-state index in [-0.39, 0.29) is 28.4 Å². The van der Waals surface area contributed by atoms with E-state index in [2.05, 4.69) is 31.7 Å². The molecule has 1 aliphatic rings. The lowest BCUT2D eigenvalue weighted by molar-refractivity contribution is -0.173. The average molecular weight is 499 g/mol. The molecule has 3 heterocycles. The van der Waals surface area contributed by atoms with Crippen LogP contribution in [0.2, 0.25) is 0 Å². The molecule has 10 heteroatoms. The van der Waals surface area contributed by atoms with Crippen molar-refractivity contribution in [1.29, 1.82) is 0 Å². The summed E-state index contributed by atoms with van der Waals surface area (Å²) in [6.07, 6.45) is -4.70. The molecule has 1 amide bonds. The van der Waals surface area contributed by atoms with Gasteiger partial charge in [0.2, 0.25) is 0 Å². The number of fused-ring (bicyclic) bond motifs is 1. The number of anilines is 1. The van der Waals surface area contributed by atoms with E-state index in [9.17, 15) is 18.0 Å². The molecular weight excluding hydrogens is 481 g/mol. The number of alkyl halides is 3. The molecular formula is C20H18BrF3N4OS. The van der Waals surface area contributed by atoms with Crippen LogP contribution < -0.4 is 10.6 Å². The molecule has 0 bridgehead atoms. The lowest BCUT2D eigenvalue weighted by atomic mass is 10.0. The van der Waals surface area contributed by atoms with Crippen LogP contribution in [-0.4, -0.2) is 21.9 Å². The maximum atomic E-state index is 13.8. The Morgan fingerprint density at radius 1 is 1.30 bits per heavy atom. The van der Waals surface area contributed by atoms with Crippen LogP contribution in [0, 0.1) is 0 Å². The molecule has 0 aliphatic carbocycles. The van der Waals surface area contributed by atoms with Gasteiger partial charge in [-0.1, -0.05) is 36.4 Å². The number of carbonyl (C=O) groups excluding carboxylic acids is 1. The summed E-state index contributed by atoms with van der Waals surface area (Å²) in [6, 6.07) is 10.2. The van der Waals surface area contributed by atoms with E-state index in [0.29, 0.717) is 0 Å². The van der Waals surface area contributed by atoms with Crippen molar-refractivity contribution in [3.63, 3.8) is 0 Å². The Morgan fingerprint density at radius 2 is 2.03 bits per heavy atom. The number of nitrogens with zero attached hydrogens (tertiary/aromatic N) is 2. The number of carbonyl (C=O) groups is 1. The molecule has 3 aromatic rings. The molecule has 1 aliphatic heterocycles. The summed E-state index contributed by atoms with van der Waals surface area (Å²) < 4.78 is 42.5. The minimum atomic E-state index is -4.50. The molecule has 0 spiro atoms. The zero-order chi connectivity index (χ0) is 21.5. The summed E-state index contributed by atoms with van der Waals surface area (Å²) in [5.74, 6) is -0.394. The molecule has 0 saturated heterocycles. The first-order chi connectivity index (χ1) is 14.3. The summed E-state index contributed by atoms with van der Waals surface area (Å²) in [6.45, 7) is 1.81. The first-order valence-corrected chi connectivity index (χ1v) is 10.9. The SMILES string of the molecule is C[C@@H](NC(=O)c1nn2c(c1Br)N[C@H](c1cccs1)C[C@H]2C(F)(F)F)c1ccccc1. The van der Waals surface area contributed by atoms with Gasteiger partial charge in [-0.25, -0.2) is 4.68 Å². The molecule has 1 aromatic carbocycles. The molecule has 0 radical (unpaired) electrons. The molecule has 2 N–H and O–H groups in total. The summed E-state index contributed by atoms with van der Waals surface area (Å²) in [4.78, 5) is 13.6. The third-order valence-corrected chi connectivity index (χ3v) is 6.78. The van der Waals surface area contributed by atoms with Gasteiger partial charge in [0.25, 0.3) is 5.91 Å². The van der Waals surface area contributed by atoms with Crippen molar-refractivity contribution >= 4 is 39.0 Å². The molecule has 30 heavy (non-hydrogen) atoms. The largest absolute Gasteiger partial charge is 0.410 e. The number of hydrogen-bond acceptors (Lipinski definition) is 4. The van der Waals surface area contributed by atoms with Crippen molar-refractivity contribution in [2.45, 2.75) is 37.6 Å². The van der Waals surface area contributed by atoms with Crippen molar-refractivity contribution < 1.29 is 18.0 Å². The topological polar surface area (TPSA) is 59.0 Å². The number of amides is 1. The normalized spacial score (nSPS) is 19.6. The first kappa shape index (κ1) is 20.9. The molecule has 4 rings (SSSR count). The quantitative estimate of drug-likeness (QED) is 0.473. The minimum absolute atomic E-state index is 0.0821. The summed E-state index contributed by atoms with van der Waals surface area (Å²) in [5.41, 5.74) is 0.802. The monoisotopic (exact) mass is 498 g/mol. The average Bonchev–Trinajstić information content (AvgIpc) is 3.36. The number of nitrogens with one attached hydrogen (secondary N) is 2. The zero-order valence-electron chi connectivity index (χ0n) is 15.8. The van der Waals surface area contributed by atoms with E-state index >= 15 is 0 Å². The standard InChI is InChI=1S/C20H18BrF3N4OS/c1-11(12-6-3-2-4-7-12)25-19(29)17-16(21)18-26-13(14-8-5-9-30-14)10-15(20(22,23)24)28(18)27-17/h2-9,11,13,15,26H,10H2,1H3,(H,25,29)/t11-,13+,15+/m1/s1. The van der Waals surface area contributed by atoms with E-state index < -0.39 is 24.2 Å². The Labute approximate surface area is 183 Å². The van der Waals surface area contributed by atoms with Crippen LogP contribution >= 0.6 is 27.3 Å².